The molecule has 2 atom stereocenters. The van der Waals surface area contributed by atoms with Gasteiger partial charge in [0.1, 0.15) is 11.6 Å². The Kier molecular flexibility index (Phi) is 4.28. The predicted octanol–water partition coefficient (Wildman–Crippen LogP) is 3.39. The van der Waals surface area contributed by atoms with E-state index in [1.165, 1.54) is 0 Å². The molecule has 1 fully saturated rings. The van der Waals surface area contributed by atoms with Crippen LogP contribution in [0.2, 0.25) is 0 Å². The molecule has 1 aliphatic rings. The second kappa shape index (κ2) is 5.11. The van der Waals surface area contributed by atoms with Crippen LogP contribution >= 0.6 is 0 Å². The average molecular weight is 224 g/mol. The smallest absolute Gasteiger partial charge is 0.143 e. The molecule has 2 heteroatoms. The lowest BCUT2D eigenvalue weighted by Crippen LogP contribution is -2.35. The largest absolute Gasteiger partial charge is 0.299 e. The third-order valence-corrected chi connectivity index (χ3v) is 3.76. The van der Waals surface area contributed by atoms with Crippen LogP contribution in [0, 0.1) is 17.3 Å². The van der Waals surface area contributed by atoms with E-state index in [1.807, 2.05) is 6.92 Å². The van der Waals surface area contributed by atoms with Gasteiger partial charge in [0, 0.05) is 12.8 Å². The summed E-state index contributed by atoms with van der Waals surface area (Å²) in [7, 11) is 0. The van der Waals surface area contributed by atoms with Crippen molar-refractivity contribution in [3.8, 4) is 0 Å². The summed E-state index contributed by atoms with van der Waals surface area (Å²) in [5.41, 5.74) is 0.214. The summed E-state index contributed by atoms with van der Waals surface area (Å²) in [4.78, 5) is 23.6. The quantitative estimate of drug-likeness (QED) is 0.689. The Morgan fingerprint density at radius 3 is 2.50 bits per heavy atom. The van der Waals surface area contributed by atoms with Gasteiger partial charge in [-0.2, -0.15) is 0 Å². The fourth-order valence-electron chi connectivity index (χ4n) is 2.54. The molecule has 0 aromatic rings. The van der Waals surface area contributed by atoms with Gasteiger partial charge in [0.25, 0.3) is 0 Å². The number of ketones is 2. The van der Waals surface area contributed by atoms with Gasteiger partial charge in [0.15, 0.2) is 0 Å². The zero-order valence-electron chi connectivity index (χ0n) is 11.0. The fraction of sp³-hybridized carbons (Fsp3) is 0.857. The molecular formula is C14H24O2. The van der Waals surface area contributed by atoms with Gasteiger partial charge in [0.05, 0.1) is 5.92 Å². The van der Waals surface area contributed by atoms with Crippen LogP contribution in [-0.2, 0) is 9.59 Å². The molecule has 2 unspecified atom stereocenters. The maximum Gasteiger partial charge on any atom is 0.143 e. The Morgan fingerprint density at radius 2 is 2.00 bits per heavy atom. The summed E-state index contributed by atoms with van der Waals surface area (Å²) in [6.45, 7) is 8.60. The Hall–Kier alpha value is -0.660. The van der Waals surface area contributed by atoms with Crippen molar-refractivity contribution in [3.63, 3.8) is 0 Å². The van der Waals surface area contributed by atoms with Crippen LogP contribution in [0.25, 0.3) is 0 Å². The Morgan fingerprint density at radius 1 is 1.38 bits per heavy atom. The summed E-state index contributed by atoms with van der Waals surface area (Å²) < 4.78 is 0. The molecule has 0 saturated heterocycles. The molecule has 0 heterocycles. The van der Waals surface area contributed by atoms with E-state index in [0.717, 1.165) is 19.3 Å². The van der Waals surface area contributed by atoms with Crippen molar-refractivity contribution >= 4 is 11.6 Å². The minimum absolute atomic E-state index is 0.168. The number of Topliss-reactive ketones (excluding diaryl/α,β-unsaturated/α-hetero) is 2. The third-order valence-electron chi connectivity index (χ3n) is 3.76. The Balaban J connectivity index is 2.69. The maximum atomic E-state index is 11.9. The average Bonchev–Trinajstić information content (AvgIpc) is 2.16. The lowest BCUT2D eigenvalue weighted by molar-refractivity contribution is -0.136. The molecule has 0 aromatic heterocycles. The lowest BCUT2D eigenvalue weighted by atomic mass is 9.67. The molecule has 0 aliphatic heterocycles. The van der Waals surface area contributed by atoms with Crippen molar-refractivity contribution < 1.29 is 9.59 Å². The number of hydrogen-bond acceptors (Lipinski definition) is 2. The molecule has 1 rings (SSSR count). The van der Waals surface area contributed by atoms with E-state index in [0.29, 0.717) is 18.8 Å². The first-order valence-electron chi connectivity index (χ1n) is 6.41. The molecule has 0 spiro atoms. The molecule has 0 amide bonds. The molecule has 16 heavy (non-hydrogen) atoms. The summed E-state index contributed by atoms with van der Waals surface area (Å²) in [6.07, 6.45) is 3.75. The molecular weight excluding hydrogens is 200 g/mol. The monoisotopic (exact) mass is 224 g/mol. The first kappa shape index (κ1) is 13.4. The van der Waals surface area contributed by atoms with Crippen LogP contribution in [0.5, 0.6) is 0 Å². The summed E-state index contributed by atoms with van der Waals surface area (Å²) >= 11 is 0. The minimum atomic E-state index is -0.294. The van der Waals surface area contributed by atoms with Gasteiger partial charge >= 0.3 is 0 Å². The van der Waals surface area contributed by atoms with Crippen molar-refractivity contribution in [2.24, 2.45) is 17.3 Å². The van der Waals surface area contributed by atoms with Crippen LogP contribution in [0.15, 0.2) is 0 Å². The molecule has 0 aromatic carbocycles. The van der Waals surface area contributed by atoms with E-state index in [1.54, 1.807) is 0 Å². The number of carbonyl (C=O) groups is 2. The summed E-state index contributed by atoms with van der Waals surface area (Å²) in [5, 5.41) is 0. The van der Waals surface area contributed by atoms with Crippen molar-refractivity contribution in [2.75, 3.05) is 0 Å². The van der Waals surface area contributed by atoms with E-state index >= 15 is 0 Å². The van der Waals surface area contributed by atoms with Crippen LogP contribution in [0.1, 0.15) is 59.8 Å². The van der Waals surface area contributed by atoms with E-state index < -0.39 is 0 Å². The van der Waals surface area contributed by atoms with Crippen molar-refractivity contribution in [2.45, 2.75) is 59.8 Å². The van der Waals surface area contributed by atoms with Gasteiger partial charge in [-0.1, -0.05) is 27.7 Å². The van der Waals surface area contributed by atoms with Crippen LogP contribution in [0.3, 0.4) is 0 Å². The van der Waals surface area contributed by atoms with Crippen molar-refractivity contribution in [1.29, 1.82) is 0 Å². The molecule has 1 saturated carbocycles. The topological polar surface area (TPSA) is 34.1 Å². The van der Waals surface area contributed by atoms with Crippen LogP contribution in [0.4, 0.5) is 0 Å². The highest BCUT2D eigenvalue weighted by molar-refractivity contribution is 6.02. The zero-order chi connectivity index (χ0) is 12.3. The molecule has 0 N–H and O–H groups in total. The molecule has 0 radical (unpaired) electrons. The van der Waals surface area contributed by atoms with E-state index in [-0.39, 0.29) is 22.9 Å². The lowest BCUT2D eigenvalue weighted by Gasteiger charge is -2.36. The normalized spacial score (nSPS) is 26.9. The summed E-state index contributed by atoms with van der Waals surface area (Å²) in [6, 6.07) is 0. The van der Waals surface area contributed by atoms with Crippen molar-refractivity contribution in [3.05, 3.63) is 0 Å². The zero-order valence-corrected chi connectivity index (χ0v) is 11.0. The first-order valence-corrected chi connectivity index (χ1v) is 6.41. The number of rotatable bonds is 3. The number of carbonyl (C=O) groups excluding carboxylic acids is 2. The second-order valence-electron chi connectivity index (χ2n) is 6.07. The van der Waals surface area contributed by atoms with Crippen molar-refractivity contribution in [1.82, 2.24) is 0 Å². The highest BCUT2D eigenvalue weighted by atomic mass is 16.1. The van der Waals surface area contributed by atoms with Crippen LogP contribution < -0.4 is 0 Å². The van der Waals surface area contributed by atoms with E-state index in [9.17, 15) is 9.59 Å². The second-order valence-corrected chi connectivity index (χ2v) is 6.07. The first-order chi connectivity index (χ1) is 7.36. The number of hydrogen-bond donors (Lipinski definition) is 0. The molecule has 1 aliphatic carbocycles. The van der Waals surface area contributed by atoms with Gasteiger partial charge in [-0.25, -0.2) is 0 Å². The van der Waals surface area contributed by atoms with Gasteiger partial charge in [0.2, 0.25) is 0 Å². The van der Waals surface area contributed by atoms with E-state index in [4.69, 9.17) is 0 Å². The fourth-order valence-corrected chi connectivity index (χ4v) is 2.54. The predicted molar refractivity (Wildman–Crippen MR) is 65.2 cm³/mol. The van der Waals surface area contributed by atoms with Gasteiger partial charge in [-0.3, -0.25) is 9.59 Å². The highest BCUT2D eigenvalue weighted by Gasteiger charge is 2.37. The van der Waals surface area contributed by atoms with Gasteiger partial charge in [-0.05, 0) is 30.6 Å². The standard InChI is InChI=1S/C14H24O2/c1-5-6-12(15)11-9-10(14(2,3)4)7-8-13(11)16/h10-11H,5-9H2,1-4H3. The summed E-state index contributed by atoms with van der Waals surface area (Å²) in [5.74, 6) is 0.564. The molecule has 0 bridgehead atoms. The minimum Gasteiger partial charge on any atom is -0.299 e. The van der Waals surface area contributed by atoms with Gasteiger partial charge < -0.3 is 0 Å². The third kappa shape index (κ3) is 3.16. The molecule has 2 nitrogen and oxygen atoms in total. The Labute approximate surface area is 98.8 Å². The van der Waals surface area contributed by atoms with E-state index in [2.05, 4.69) is 20.8 Å². The Bertz CT molecular complexity index is 273. The van der Waals surface area contributed by atoms with Gasteiger partial charge in [-0.15, -0.1) is 0 Å². The highest BCUT2D eigenvalue weighted by Crippen LogP contribution is 2.39. The van der Waals surface area contributed by atoms with Crippen LogP contribution in [-0.4, -0.2) is 11.6 Å². The SMILES string of the molecule is CCCC(=O)C1CC(C(C)(C)C)CCC1=O. The maximum absolute atomic E-state index is 11.9. The molecule has 92 valence electrons.